The van der Waals surface area contributed by atoms with Gasteiger partial charge >= 0.3 is 11.9 Å². The van der Waals surface area contributed by atoms with Crippen LogP contribution in [0.2, 0.25) is 0 Å². The number of nitrogens with zero attached hydrogens (tertiary/aromatic N) is 1. The Morgan fingerprint density at radius 2 is 1.74 bits per heavy atom. The van der Waals surface area contributed by atoms with Crippen molar-refractivity contribution in [1.29, 1.82) is 0 Å². The minimum absolute atomic E-state index is 0.0467. The van der Waals surface area contributed by atoms with Crippen LogP contribution in [0.5, 0.6) is 0 Å². The van der Waals surface area contributed by atoms with E-state index in [1.165, 1.54) is 18.2 Å². The molecular weight excluding hydrogens is 304 g/mol. The monoisotopic (exact) mass is 324 g/mol. The fourth-order valence-corrected chi connectivity index (χ4v) is 2.01. The Labute approximate surface area is 133 Å². The molecule has 2 N–H and O–H groups in total. The van der Waals surface area contributed by atoms with Gasteiger partial charge in [-0.05, 0) is 31.9 Å². The highest BCUT2D eigenvalue weighted by Gasteiger charge is 2.45. The number of nitro benzene ring substituents is 1. The van der Waals surface area contributed by atoms with Gasteiger partial charge in [-0.2, -0.15) is 0 Å². The van der Waals surface area contributed by atoms with Gasteiger partial charge in [-0.25, -0.2) is 9.59 Å². The smallest absolute Gasteiger partial charge is 0.338 e. The van der Waals surface area contributed by atoms with Crippen LogP contribution in [0.4, 0.5) is 5.69 Å². The summed E-state index contributed by atoms with van der Waals surface area (Å²) in [6.07, 6.45) is -0.252. The van der Waals surface area contributed by atoms with Gasteiger partial charge in [0.1, 0.15) is 0 Å². The fraction of sp³-hybridized carbons (Fsp3) is 0.467. The maximum atomic E-state index is 12.1. The lowest BCUT2D eigenvalue weighted by Gasteiger charge is -2.25. The molecule has 8 heteroatoms. The summed E-state index contributed by atoms with van der Waals surface area (Å²) in [5, 5.41) is 10.9. The molecule has 1 aromatic rings. The number of aryl methyl sites for hydroxylation is 1. The molecule has 0 aromatic heterocycles. The summed E-state index contributed by atoms with van der Waals surface area (Å²) in [6, 6.07) is 4.16. The first-order valence-electron chi connectivity index (χ1n) is 7.13. The highest BCUT2D eigenvalue weighted by atomic mass is 16.6. The second-order valence-corrected chi connectivity index (χ2v) is 4.96. The molecule has 0 atom stereocenters. The zero-order valence-electron chi connectivity index (χ0n) is 13.3. The quantitative estimate of drug-likeness (QED) is 0.347. The number of hydrogen-bond acceptors (Lipinski definition) is 7. The van der Waals surface area contributed by atoms with Crippen LogP contribution in [-0.2, 0) is 25.5 Å². The molecule has 8 nitrogen and oxygen atoms in total. The lowest BCUT2D eigenvalue weighted by Crippen LogP contribution is -2.58. The molecule has 0 heterocycles. The van der Waals surface area contributed by atoms with E-state index in [1.54, 1.807) is 20.8 Å². The van der Waals surface area contributed by atoms with Gasteiger partial charge in [-0.15, -0.1) is 0 Å². The van der Waals surface area contributed by atoms with E-state index >= 15 is 0 Å². The van der Waals surface area contributed by atoms with Crippen molar-refractivity contribution >= 4 is 17.6 Å². The largest absolute Gasteiger partial charge is 0.464 e. The number of nitro groups is 1. The Balaban J connectivity index is 3.25. The zero-order chi connectivity index (χ0) is 17.6. The van der Waals surface area contributed by atoms with Crippen LogP contribution in [0.15, 0.2) is 18.2 Å². The number of non-ortho nitro benzene ring substituents is 1. The molecule has 0 aliphatic heterocycles. The van der Waals surface area contributed by atoms with Crippen LogP contribution in [0.25, 0.3) is 0 Å². The standard InChI is InChI=1S/C15H20N2O6/c1-4-22-13(18)15(16,14(19)23-5-2)9-11-8-12(17(20)21)7-6-10(11)3/h6-8H,4-5,9,16H2,1-3H3. The van der Waals surface area contributed by atoms with E-state index in [0.717, 1.165) is 0 Å². The average molecular weight is 324 g/mol. The van der Waals surface area contributed by atoms with Gasteiger partial charge in [-0.3, -0.25) is 10.1 Å². The number of rotatable bonds is 7. The Kier molecular flexibility index (Phi) is 6.20. The molecular formula is C15H20N2O6. The lowest BCUT2D eigenvalue weighted by molar-refractivity contribution is -0.384. The molecule has 0 amide bonds. The predicted octanol–water partition coefficient (Wildman–Crippen LogP) is 1.27. The van der Waals surface area contributed by atoms with Crippen molar-refractivity contribution in [2.24, 2.45) is 5.73 Å². The predicted molar refractivity (Wildman–Crippen MR) is 81.7 cm³/mol. The molecule has 0 aliphatic rings. The Bertz CT molecular complexity index is 596. The molecule has 1 aromatic carbocycles. The highest BCUT2D eigenvalue weighted by Crippen LogP contribution is 2.23. The van der Waals surface area contributed by atoms with Gasteiger partial charge in [0.05, 0.1) is 18.1 Å². The molecule has 0 saturated heterocycles. The van der Waals surface area contributed by atoms with Crippen molar-refractivity contribution in [3.8, 4) is 0 Å². The van der Waals surface area contributed by atoms with Crippen LogP contribution >= 0.6 is 0 Å². The van der Waals surface area contributed by atoms with Crippen LogP contribution < -0.4 is 5.73 Å². The second kappa shape index (κ2) is 7.68. The number of ether oxygens (including phenoxy) is 2. The lowest BCUT2D eigenvalue weighted by atomic mass is 9.89. The topological polar surface area (TPSA) is 122 Å². The third-order valence-electron chi connectivity index (χ3n) is 3.29. The molecule has 126 valence electrons. The molecule has 0 bridgehead atoms. The van der Waals surface area contributed by atoms with E-state index in [1.807, 2.05) is 0 Å². The average Bonchev–Trinajstić information content (AvgIpc) is 2.49. The summed E-state index contributed by atoms with van der Waals surface area (Å²) in [4.78, 5) is 34.6. The van der Waals surface area contributed by atoms with E-state index in [-0.39, 0.29) is 25.3 Å². The van der Waals surface area contributed by atoms with E-state index in [9.17, 15) is 19.7 Å². The van der Waals surface area contributed by atoms with E-state index < -0.39 is 22.4 Å². The van der Waals surface area contributed by atoms with Gasteiger partial charge in [0.15, 0.2) is 0 Å². The summed E-state index contributed by atoms with van der Waals surface area (Å²) >= 11 is 0. The minimum Gasteiger partial charge on any atom is -0.464 e. The summed E-state index contributed by atoms with van der Waals surface area (Å²) in [5.74, 6) is -1.85. The van der Waals surface area contributed by atoms with E-state index in [0.29, 0.717) is 11.1 Å². The van der Waals surface area contributed by atoms with Gasteiger partial charge in [0.2, 0.25) is 5.54 Å². The highest BCUT2D eigenvalue weighted by molar-refractivity contribution is 6.05. The first-order valence-corrected chi connectivity index (χ1v) is 7.13. The summed E-state index contributed by atoms with van der Waals surface area (Å²) in [5.41, 5.74) is 4.83. The zero-order valence-corrected chi connectivity index (χ0v) is 13.3. The summed E-state index contributed by atoms with van der Waals surface area (Å²) in [7, 11) is 0. The molecule has 0 aliphatic carbocycles. The van der Waals surface area contributed by atoms with Crippen molar-refractivity contribution in [2.75, 3.05) is 13.2 Å². The van der Waals surface area contributed by atoms with Crippen molar-refractivity contribution < 1.29 is 24.0 Å². The van der Waals surface area contributed by atoms with Crippen LogP contribution in [0.3, 0.4) is 0 Å². The Morgan fingerprint density at radius 1 is 1.22 bits per heavy atom. The molecule has 0 fully saturated rings. The number of carbonyl (C=O) groups excluding carboxylic acids is 2. The summed E-state index contributed by atoms with van der Waals surface area (Å²) in [6.45, 7) is 4.97. The molecule has 0 unspecified atom stereocenters. The number of hydrogen-bond donors (Lipinski definition) is 1. The maximum absolute atomic E-state index is 12.1. The first-order chi connectivity index (χ1) is 10.8. The van der Waals surface area contributed by atoms with Crippen LogP contribution in [0.1, 0.15) is 25.0 Å². The number of carbonyl (C=O) groups is 2. The number of benzene rings is 1. The third kappa shape index (κ3) is 4.26. The molecule has 23 heavy (non-hydrogen) atoms. The number of esters is 2. The molecule has 0 radical (unpaired) electrons. The van der Waals surface area contributed by atoms with Crippen molar-refractivity contribution in [1.82, 2.24) is 0 Å². The Hall–Kier alpha value is -2.48. The maximum Gasteiger partial charge on any atom is 0.338 e. The fourth-order valence-electron chi connectivity index (χ4n) is 2.01. The minimum atomic E-state index is -2.05. The normalized spacial score (nSPS) is 11.0. The Morgan fingerprint density at radius 3 is 2.17 bits per heavy atom. The summed E-state index contributed by atoms with van der Waals surface area (Å²) < 4.78 is 9.73. The van der Waals surface area contributed by atoms with Crippen LogP contribution in [-0.4, -0.2) is 35.6 Å². The van der Waals surface area contributed by atoms with Gasteiger partial charge in [0.25, 0.3) is 5.69 Å². The molecule has 0 saturated carbocycles. The van der Waals surface area contributed by atoms with Gasteiger partial charge in [0, 0.05) is 18.6 Å². The van der Waals surface area contributed by atoms with E-state index in [2.05, 4.69) is 0 Å². The third-order valence-corrected chi connectivity index (χ3v) is 3.29. The second-order valence-electron chi connectivity index (χ2n) is 4.96. The van der Waals surface area contributed by atoms with Crippen LogP contribution in [0, 0.1) is 17.0 Å². The SMILES string of the molecule is CCOC(=O)C(N)(Cc1cc([N+](=O)[O-])ccc1C)C(=O)OCC. The van der Waals surface area contributed by atoms with Gasteiger partial charge < -0.3 is 15.2 Å². The van der Waals surface area contributed by atoms with Crippen molar-refractivity contribution in [3.05, 3.63) is 39.4 Å². The number of nitrogens with two attached hydrogens (primary N) is 1. The van der Waals surface area contributed by atoms with E-state index in [4.69, 9.17) is 15.2 Å². The molecule has 1 rings (SSSR count). The van der Waals surface area contributed by atoms with Gasteiger partial charge in [-0.1, -0.05) is 6.07 Å². The molecule has 0 spiro atoms. The first kappa shape index (κ1) is 18.6. The van der Waals surface area contributed by atoms with Crippen molar-refractivity contribution in [3.63, 3.8) is 0 Å². The van der Waals surface area contributed by atoms with Crippen molar-refractivity contribution in [2.45, 2.75) is 32.7 Å².